The molecule has 0 aromatic rings. The van der Waals surface area contributed by atoms with Gasteiger partial charge in [0, 0.05) is 6.42 Å². The third-order valence-electron chi connectivity index (χ3n) is 20.3. The zero-order chi connectivity index (χ0) is 69.6. The number of carbonyl (C=O) groups excluding carboxylic acids is 1. The minimum absolute atomic E-state index is 0.250. The number of hydrogen-bond donors (Lipinski definition) is 12. The molecule has 0 aromatic carbocycles. The summed E-state index contributed by atoms with van der Waals surface area (Å²) in [5.41, 5.74) is 0. The molecule has 3 saturated heterocycles. The summed E-state index contributed by atoms with van der Waals surface area (Å²) in [5, 5.41) is 121. The standard InChI is InChI=1S/C77H147NO18/c1-3-5-7-9-11-13-15-17-19-21-23-24-25-26-27-28-29-30-31-32-33-34-35-36-37-38-40-42-44-46-48-50-52-54-61(82)60(78-65(83)55-53-51-49-47-45-43-41-39-22-20-18-16-14-12-10-8-6-4-2)59-91-75-71(89)68(86)73(63(57-80)93-75)96-77-72(90)69(87)74(64(58-81)94-77)95-76-70(88)67(85)66(84)62(56-79)92-76/h52,54,60-64,66-77,79-82,84-90H,3-51,53,55-59H2,1-2H3,(H,78,83)/b54-52+. The fraction of sp³-hybridized carbons (Fsp3) is 0.961. The highest BCUT2D eigenvalue weighted by molar-refractivity contribution is 5.76. The third kappa shape index (κ3) is 39.3. The Labute approximate surface area is 582 Å². The summed E-state index contributed by atoms with van der Waals surface area (Å²) in [4.78, 5) is 13.4. The Morgan fingerprint density at radius 2 is 0.646 bits per heavy atom. The van der Waals surface area contributed by atoms with Crippen molar-refractivity contribution in [3.63, 3.8) is 0 Å². The van der Waals surface area contributed by atoms with Gasteiger partial charge >= 0.3 is 0 Å². The maximum absolute atomic E-state index is 13.4. The van der Waals surface area contributed by atoms with E-state index in [2.05, 4.69) is 19.2 Å². The average Bonchev–Trinajstić information content (AvgIpc) is 0.786. The number of amides is 1. The summed E-state index contributed by atoms with van der Waals surface area (Å²) in [5.74, 6) is -0.268. The van der Waals surface area contributed by atoms with Crippen molar-refractivity contribution in [1.82, 2.24) is 5.32 Å². The van der Waals surface area contributed by atoms with Crippen molar-refractivity contribution in [2.45, 2.75) is 446 Å². The van der Waals surface area contributed by atoms with Gasteiger partial charge in [0.25, 0.3) is 0 Å². The van der Waals surface area contributed by atoms with E-state index in [4.69, 9.17) is 28.4 Å². The van der Waals surface area contributed by atoms with Gasteiger partial charge < -0.3 is 89.9 Å². The van der Waals surface area contributed by atoms with Crippen LogP contribution in [0.3, 0.4) is 0 Å². The van der Waals surface area contributed by atoms with Gasteiger partial charge in [-0.05, 0) is 19.3 Å². The molecule has 0 saturated carbocycles. The average molecular weight is 1380 g/mol. The first-order valence-electron chi connectivity index (χ1n) is 39.9. The Balaban J connectivity index is 1.36. The normalized spacial score (nSPS) is 27.0. The molecule has 0 aromatic heterocycles. The Morgan fingerprint density at radius 1 is 0.365 bits per heavy atom. The Kier molecular flexibility index (Phi) is 54.5. The molecule has 19 heteroatoms. The SMILES string of the molecule is CCCCCCCCCCCCCCCCCCCCCCCCCCCCCCCCC/C=C/C(O)C(COC1OC(CO)C(OC2OC(CO)C(OC3OC(CO)C(O)C(O)C3O)C(O)C2O)C(O)C1O)NC(=O)CCCCCCCCCCCCCCCCCCCC. The molecule has 3 fully saturated rings. The lowest BCUT2D eigenvalue weighted by Crippen LogP contribution is -2.66. The Bertz CT molecular complexity index is 1790. The van der Waals surface area contributed by atoms with Crippen LogP contribution in [0.2, 0.25) is 0 Å². The van der Waals surface area contributed by atoms with Crippen molar-refractivity contribution >= 4 is 5.91 Å². The monoisotopic (exact) mass is 1370 g/mol. The van der Waals surface area contributed by atoms with Crippen LogP contribution in [0.25, 0.3) is 0 Å². The van der Waals surface area contributed by atoms with Gasteiger partial charge in [0.15, 0.2) is 18.9 Å². The predicted molar refractivity (Wildman–Crippen MR) is 379 cm³/mol. The van der Waals surface area contributed by atoms with E-state index in [1.807, 2.05) is 6.08 Å². The minimum Gasteiger partial charge on any atom is -0.394 e. The molecule has 3 rings (SSSR count). The zero-order valence-electron chi connectivity index (χ0n) is 60.6. The van der Waals surface area contributed by atoms with Crippen molar-refractivity contribution in [1.29, 1.82) is 0 Å². The van der Waals surface area contributed by atoms with Gasteiger partial charge in [-0.15, -0.1) is 0 Å². The number of aliphatic hydroxyl groups excluding tert-OH is 11. The first-order chi connectivity index (χ1) is 46.8. The van der Waals surface area contributed by atoms with E-state index in [0.29, 0.717) is 6.42 Å². The van der Waals surface area contributed by atoms with Crippen LogP contribution in [0.5, 0.6) is 0 Å². The molecule has 19 nitrogen and oxygen atoms in total. The molecule has 0 bridgehead atoms. The minimum atomic E-state index is -1.98. The van der Waals surface area contributed by atoms with Crippen LogP contribution in [-0.4, -0.2) is 193 Å². The zero-order valence-corrected chi connectivity index (χ0v) is 60.6. The van der Waals surface area contributed by atoms with Crippen LogP contribution in [0.15, 0.2) is 12.2 Å². The molecular weight excluding hydrogens is 1230 g/mol. The molecule has 12 N–H and O–H groups in total. The summed E-state index contributed by atoms with van der Waals surface area (Å²) < 4.78 is 34.4. The molecule has 96 heavy (non-hydrogen) atoms. The van der Waals surface area contributed by atoms with Crippen LogP contribution in [0.4, 0.5) is 0 Å². The van der Waals surface area contributed by atoms with Crippen LogP contribution < -0.4 is 5.32 Å². The quantitative estimate of drug-likeness (QED) is 0.0199. The van der Waals surface area contributed by atoms with Crippen molar-refractivity contribution < 1.29 is 89.4 Å². The summed E-state index contributed by atoms with van der Waals surface area (Å²) in [6.45, 7) is 1.79. The van der Waals surface area contributed by atoms with Gasteiger partial charge in [-0.25, -0.2) is 0 Å². The number of unbranched alkanes of at least 4 members (excludes halogenated alkanes) is 48. The lowest BCUT2D eigenvalue weighted by Gasteiger charge is -2.48. The fourth-order valence-electron chi connectivity index (χ4n) is 13.9. The number of hydrogen-bond acceptors (Lipinski definition) is 18. The second-order valence-electron chi connectivity index (χ2n) is 28.9. The number of ether oxygens (including phenoxy) is 6. The van der Waals surface area contributed by atoms with E-state index in [9.17, 15) is 61.0 Å². The lowest BCUT2D eigenvalue weighted by molar-refractivity contribution is -0.379. The second-order valence-corrected chi connectivity index (χ2v) is 28.9. The maximum Gasteiger partial charge on any atom is 0.220 e. The van der Waals surface area contributed by atoms with Gasteiger partial charge in [0.2, 0.25) is 5.91 Å². The van der Waals surface area contributed by atoms with E-state index >= 15 is 0 Å². The molecule has 17 atom stereocenters. The van der Waals surface area contributed by atoms with E-state index < -0.39 is 124 Å². The lowest BCUT2D eigenvalue weighted by atomic mass is 9.96. The molecule has 0 spiro atoms. The predicted octanol–water partition coefficient (Wildman–Crippen LogP) is 12.8. The van der Waals surface area contributed by atoms with E-state index in [-0.39, 0.29) is 18.9 Å². The molecule has 3 aliphatic heterocycles. The van der Waals surface area contributed by atoms with Crippen molar-refractivity contribution in [3.05, 3.63) is 12.2 Å². The highest BCUT2D eigenvalue weighted by Gasteiger charge is 2.54. The summed E-state index contributed by atoms with van der Waals surface area (Å²) in [6.07, 6.45) is 42.1. The Hall–Kier alpha value is -1.47. The van der Waals surface area contributed by atoms with Crippen molar-refractivity contribution in [2.24, 2.45) is 0 Å². The molecule has 3 heterocycles. The first kappa shape index (κ1) is 88.7. The number of allylic oxidation sites excluding steroid dienone is 1. The molecule has 3 aliphatic rings. The van der Waals surface area contributed by atoms with Gasteiger partial charge in [0.1, 0.15) is 73.2 Å². The van der Waals surface area contributed by atoms with E-state index in [1.165, 1.54) is 270 Å². The summed E-state index contributed by atoms with van der Waals surface area (Å²) in [7, 11) is 0. The molecule has 568 valence electrons. The van der Waals surface area contributed by atoms with Crippen LogP contribution in [-0.2, 0) is 33.2 Å². The second kappa shape index (κ2) is 59.0. The maximum atomic E-state index is 13.4. The van der Waals surface area contributed by atoms with E-state index in [0.717, 1.165) is 44.9 Å². The molecule has 1 amide bonds. The van der Waals surface area contributed by atoms with Crippen LogP contribution in [0, 0.1) is 0 Å². The molecule has 0 radical (unpaired) electrons. The van der Waals surface area contributed by atoms with E-state index in [1.54, 1.807) is 6.08 Å². The van der Waals surface area contributed by atoms with Crippen LogP contribution >= 0.6 is 0 Å². The largest absolute Gasteiger partial charge is 0.394 e. The fourth-order valence-corrected chi connectivity index (χ4v) is 13.9. The molecule has 17 unspecified atom stereocenters. The summed E-state index contributed by atoms with van der Waals surface area (Å²) >= 11 is 0. The third-order valence-corrected chi connectivity index (χ3v) is 20.3. The highest BCUT2D eigenvalue weighted by Crippen LogP contribution is 2.33. The number of aliphatic hydroxyl groups is 11. The first-order valence-corrected chi connectivity index (χ1v) is 39.9. The Morgan fingerprint density at radius 3 is 0.979 bits per heavy atom. The number of nitrogens with one attached hydrogen (secondary N) is 1. The highest BCUT2D eigenvalue weighted by atomic mass is 16.8. The van der Waals surface area contributed by atoms with Crippen molar-refractivity contribution in [2.75, 3.05) is 26.4 Å². The van der Waals surface area contributed by atoms with Gasteiger partial charge in [-0.1, -0.05) is 328 Å². The van der Waals surface area contributed by atoms with Gasteiger partial charge in [0.05, 0.1) is 38.6 Å². The molecular formula is C77H147NO18. The van der Waals surface area contributed by atoms with Gasteiger partial charge in [-0.2, -0.15) is 0 Å². The smallest absolute Gasteiger partial charge is 0.220 e. The van der Waals surface area contributed by atoms with Crippen LogP contribution in [0.1, 0.15) is 341 Å². The number of rotatable bonds is 64. The topological polar surface area (TPSA) is 307 Å². The molecule has 0 aliphatic carbocycles. The van der Waals surface area contributed by atoms with Crippen molar-refractivity contribution in [3.8, 4) is 0 Å². The number of carbonyl (C=O) groups is 1. The van der Waals surface area contributed by atoms with Gasteiger partial charge in [-0.3, -0.25) is 4.79 Å². The summed E-state index contributed by atoms with van der Waals surface area (Å²) in [6, 6.07) is -0.969.